The minimum atomic E-state index is -0.942. The molecule has 0 aliphatic heterocycles. The first-order valence-corrected chi connectivity index (χ1v) is 15.4. The number of ether oxygens (including phenoxy) is 2. The number of hydrogen-bond acceptors (Lipinski definition) is 7. The Bertz CT molecular complexity index is 1980. The molecule has 1 aliphatic rings. The minimum Gasteiger partial charge on any atom is -0.494 e. The van der Waals surface area contributed by atoms with Crippen LogP contribution in [-0.2, 0) is 11.2 Å². The fourth-order valence-electron chi connectivity index (χ4n) is 5.47. The van der Waals surface area contributed by atoms with Crippen LogP contribution in [0.4, 0.5) is 8.78 Å². The van der Waals surface area contributed by atoms with Crippen LogP contribution in [0.25, 0.3) is 22.2 Å². The zero-order valence-electron chi connectivity index (χ0n) is 25.6. The van der Waals surface area contributed by atoms with Crippen LogP contribution in [0.15, 0.2) is 60.9 Å². The molecule has 5 aromatic rings. The van der Waals surface area contributed by atoms with Gasteiger partial charge in [-0.15, -0.1) is 0 Å². The maximum Gasteiger partial charge on any atom is 0.251 e. The summed E-state index contributed by atoms with van der Waals surface area (Å²) in [7, 11) is 1.53. The lowest BCUT2D eigenvalue weighted by Crippen LogP contribution is -2.30. The fraction of sp³-hybridized carbons (Fsp3) is 0.265. The molecule has 6 rings (SSSR count). The van der Waals surface area contributed by atoms with Gasteiger partial charge in [0.05, 0.1) is 48.5 Å². The molecule has 3 N–H and O–H groups in total. The first-order valence-electron chi connectivity index (χ1n) is 15.0. The van der Waals surface area contributed by atoms with Crippen LogP contribution >= 0.6 is 11.6 Å². The van der Waals surface area contributed by atoms with Crippen molar-refractivity contribution in [2.24, 2.45) is 5.73 Å². The van der Waals surface area contributed by atoms with Crippen molar-refractivity contribution in [1.29, 1.82) is 0 Å². The average molecular weight is 661 g/mol. The van der Waals surface area contributed by atoms with E-state index in [-0.39, 0.29) is 47.5 Å². The third-order valence-electron chi connectivity index (χ3n) is 7.85. The number of benzene rings is 2. The Labute approximate surface area is 273 Å². The smallest absolute Gasteiger partial charge is 0.251 e. The zero-order chi connectivity index (χ0) is 33.2. The van der Waals surface area contributed by atoms with Crippen LogP contribution in [0, 0.1) is 11.6 Å². The van der Waals surface area contributed by atoms with Crippen molar-refractivity contribution >= 4 is 34.3 Å². The van der Waals surface area contributed by atoms with E-state index in [4.69, 9.17) is 31.8 Å². The first kappa shape index (κ1) is 31.9. The number of pyridine rings is 2. The van der Waals surface area contributed by atoms with Gasteiger partial charge in [0, 0.05) is 47.1 Å². The number of methoxy groups -OCH3 is 1. The molecule has 1 fully saturated rings. The van der Waals surface area contributed by atoms with Gasteiger partial charge in [-0.25, -0.2) is 13.8 Å². The average Bonchev–Trinajstić information content (AvgIpc) is 3.82. The third-order valence-corrected chi connectivity index (χ3v) is 8.14. The van der Waals surface area contributed by atoms with Gasteiger partial charge >= 0.3 is 0 Å². The first-order chi connectivity index (χ1) is 22.7. The number of carbonyl (C=O) groups is 2. The standard InChI is InChI=1S/C34H31ClF2N6O4/c1-3-47-33-18(13-30(38)44)11-28(41-32(33)22-14-24(35)26(37)15-25(22)36)23(27-6-4-5-9-39-27)16-40-34(45)19-10-20-17-43(21-7-8-21)42-31(20)29(12-19)46-2/h4-6,9-12,14-15,17,21,23H,3,7-8,13,16H2,1-2H3,(H2,38,44)(H,40,45)/t23-/m0/s1. The highest BCUT2D eigenvalue weighted by atomic mass is 35.5. The van der Waals surface area contributed by atoms with Crippen molar-refractivity contribution in [2.75, 3.05) is 20.3 Å². The molecule has 13 heteroatoms. The molecule has 3 heterocycles. The summed E-state index contributed by atoms with van der Waals surface area (Å²) in [5.41, 5.74) is 7.68. The Kier molecular flexibility index (Phi) is 9.04. The van der Waals surface area contributed by atoms with Gasteiger partial charge < -0.3 is 20.5 Å². The number of rotatable bonds is 12. The second-order valence-electron chi connectivity index (χ2n) is 11.2. The largest absolute Gasteiger partial charge is 0.494 e. The van der Waals surface area contributed by atoms with Crippen LogP contribution in [0.5, 0.6) is 11.5 Å². The highest BCUT2D eigenvalue weighted by Crippen LogP contribution is 2.39. The third kappa shape index (κ3) is 6.73. The van der Waals surface area contributed by atoms with Crippen molar-refractivity contribution in [3.63, 3.8) is 0 Å². The SMILES string of the molecule is CCOc1c(CC(N)=O)cc([C@@H](CNC(=O)c2cc(OC)c3nn(C4CC4)cc3c2)c2ccccn2)nc1-c1cc(Cl)c(F)cc1F. The lowest BCUT2D eigenvalue weighted by Gasteiger charge is -2.22. The molecule has 0 spiro atoms. The van der Waals surface area contributed by atoms with Gasteiger partial charge in [-0.3, -0.25) is 19.3 Å². The van der Waals surface area contributed by atoms with Gasteiger partial charge in [-0.05, 0) is 56.2 Å². The highest BCUT2D eigenvalue weighted by molar-refractivity contribution is 6.31. The summed E-state index contributed by atoms with van der Waals surface area (Å²) in [5, 5.41) is 8.07. The quantitative estimate of drug-likeness (QED) is 0.163. The predicted octanol–water partition coefficient (Wildman–Crippen LogP) is 5.76. The van der Waals surface area contributed by atoms with E-state index in [1.54, 1.807) is 49.5 Å². The van der Waals surface area contributed by atoms with Gasteiger partial charge in [0.25, 0.3) is 5.91 Å². The number of nitrogens with two attached hydrogens (primary N) is 1. The van der Waals surface area contributed by atoms with E-state index in [0.717, 1.165) is 24.3 Å². The number of aromatic nitrogens is 4. The maximum absolute atomic E-state index is 15.3. The lowest BCUT2D eigenvalue weighted by atomic mass is 9.95. The summed E-state index contributed by atoms with van der Waals surface area (Å²) in [4.78, 5) is 35.0. The van der Waals surface area contributed by atoms with Crippen LogP contribution < -0.4 is 20.5 Å². The summed E-state index contributed by atoms with van der Waals surface area (Å²) >= 11 is 6.05. The normalized spacial score (nSPS) is 13.4. The summed E-state index contributed by atoms with van der Waals surface area (Å²) < 4.78 is 42.7. The Morgan fingerprint density at radius 3 is 2.62 bits per heavy atom. The topological polar surface area (TPSA) is 134 Å². The Balaban J connectivity index is 1.41. The van der Waals surface area contributed by atoms with E-state index in [0.29, 0.717) is 45.9 Å². The number of nitrogens with one attached hydrogen (secondary N) is 1. The van der Waals surface area contributed by atoms with Crippen molar-refractivity contribution < 1.29 is 27.8 Å². The van der Waals surface area contributed by atoms with Crippen LogP contribution in [-0.4, -0.2) is 51.8 Å². The second kappa shape index (κ2) is 13.3. The van der Waals surface area contributed by atoms with E-state index in [2.05, 4.69) is 15.4 Å². The second-order valence-corrected chi connectivity index (χ2v) is 11.6. The van der Waals surface area contributed by atoms with Crippen LogP contribution in [0.3, 0.4) is 0 Å². The molecule has 3 aromatic heterocycles. The molecule has 0 bridgehead atoms. The molecule has 1 saturated carbocycles. The van der Waals surface area contributed by atoms with Crippen LogP contribution in [0.1, 0.15) is 59.0 Å². The highest BCUT2D eigenvalue weighted by Gasteiger charge is 2.28. The van der Waals surface area contributed by atoms with Gasteiger partial charge in [0.2, 0.25) is 5.91 Å². The number of nitrogens with zero attached hydrogens (tertiary/aromatic N) is 4. The van der Waals surface area contributed by atoms with Gasteiger partial charge in [-0.1, -0.05) is 17.7 Å². The molecule has 47 heavy (non-hydrogen) atoms. The molecule has 1 atom stereocenters. The lowest BCUT2D eigenvalue weighted by molar-refractivity contribution is -0.117. The summed E-state index contributed by atoms with van der Waals surface area (Å²) in [6.45, 7) is 1.89. The van der Waals surface area contributed by atoms with E-state index in [1.807, 2.05) is 10.9 Å². The molecular weight excluding hydrogens is 630 g/mol. The molecule has 2 amide bonds. The number of amides is 2. The fourth-order valence-corrected chi connectivity index (χ4v) is 5.64. The Hall–Kier alpha value is -5.10. The molecular formula is C34H31ClF2N6O4. The van der Waals surface area contributed by atoms with Gasteiger partial charge in [0.1, 0.15) is 34.3 Å². The number of primary amides is 1. The predicted molar refractivity (Wildman–Crippen MR) is 172 cm³/mol. The Morgan fingerprint density at radius 1 is 1.13 bits per heavy atom. The van der Waals surface area contributed by atoms with Crippen molar-refractivity contribution in [2.45, 2.75) is 38.1 Å². The number of fused-ring (bicyclic) bond motifs is 1. The molecule has 2 aromatic carbocycles. The summed E-state index contributed by atoms with van der Waals surface area (Å²) in [6, 6.07) is 12.4. The number of halogens is 3. The van der Waals surface area contributed by atoms with E-state index < -0.39 is 23.5 Å². The molecule has 242 valence electrons. The van der Waals surface area contributed by atoms with E-state index >= 15 is 4.39 Å². The number of hydrogen-bond donors (Lipinski definition) is 2. The summed E-state index contributed by atoms with van der Waals surface area (Å²) in [5.74, 6) is -3.02. The number of carbonyl (C=O) groups excluding carboxylic acids is 2. The van der Waals surface area contributed by atoms with Crippen molar-refractivity contribution in [3.8, 4) is 22.8 Å². The zero-order valence-corrected chi connectivity index (χ0v) is 26.4. The van der Waals surface area contributed by atoms with Gasteiger partial charge in [0.15, 0.2) is 0 Å². The summed E-state index contributed by atoms with van der Waals surface area (Å²) in [6.07, 6.45) is 5.36. The molecule has 1 aliphatic carbocycles. The van der Waals surface area contributed by atoms with E-state index in [1.165, 1.54) is 7.11 Å². The van der Waals surface area contributed by atoms with E-state index in [9.17, 15) is 14.0 Å². The van der Waals surface area contributed by atoms with Crippen molar-refractivity contribution in [1.82, 2.24) is 25.1 Å². The van der Waals surface area contributed by atoms with Gasteiger partial charge in [-0.2, -0.15) is 5.10 Å². The maximum atomic E-state index is 15.3. The molecule has 0 unspecified atom stereocenters. The monoisotopic (exact) mass is 660 g/mol. The van der Waals surface area contributed by atoms with Crippen molar-refractivity contribution in [3.05, 3.63) is 100 Å². The molecule has 0 saturated heterocycles. The molecule has 0 radical (unpaired) electrons. The Morgan fingerprint density at radius 2 is 1.94 bits per heavy atom. The molecule has 10 nitrogen and oxygen atoms in total. The van der Waals surface area contributed by atoms with Crippen LogP contribution in [0.2, 0.25) is 5.02 Å². The minimum absolute atomic E-state index is 0.00452.